The van der Waals surface area contributed by atoms with Gasteiger partial charge in [-0.05, 0) is 42.5 Å². The van der Waals surface area contributed by atoms with E-state index in [0.29, 0.717) is 28.3 Å². The van der Waals surface area contributed by atoms with E-state index in [-0.39, 0.29) is 11.5 Å². The second-order valence-electron chi connectivity index (χ2n) is 4.72. The van der Waals surface area contributed by atoms with Crippen molar-refractivity contribution in [3.63, 3.8) is 0 Å². The summed E-state index contributed by atoms with van der Waals surface area (Å²) in [4.78, 5) is 2.85. The van der Waals surface area contributed by atoms with E-state index in [1.165, 1.54) is 15.6 Å². The van der Waals surface area contributed by atoms with Gasteiger partial charge in [0.15, 0.2) is 0 Å². The number of sulfonamides is 1. The Balaban J connectivity index is 3.05. The summed E-state index contributed by atoms with van der Waals surface area (Å²) in [6.07, 6.45) is 0.765. The third kappa shape index (κ3) is 4.51. The predicted octanol–water partition coefficient (Wildman–Crippen LogP) is 1.97. The summed E-state index contributed by atoms with van der Waals surface area (Å²) in [5, 5.41) is 9.13. The van der Waals surface area contributed by atoms with Gasteiger partial charge in [0.25, 0.3) is 0 Å². The molecule has 0 bridgehead atoms. The van der Waals surface area contributed by atoms with E-state index >= 15 is 0 Å². The molecule has 0 saturated carbocycles. The average molecular weight is 385 g/mol. The Morgan fingerprint density at radius 1 is 1.30 bits per heavy atom. The second-order valence-corrected chi connectivity index (χ2v) is 9.08. The highest BCUT2D eigenvalue weighted by Crippen LogP contribution is 2.33. The van der Waals surface area contributed by atoms with Crippen LogP contribution in [0.3, 0.4) is 0 Å². The van der Waals surface area contributed by atoms with Crippen molar-refractivity contribution in [2.24, 2.45) is 0 Å². The molecule has 5 nitrogen and oxygen atoms in total. The van der Waals surface area contributed by atoms with E-state index in [1.807, 2.05) is 25.9 Å². The summed E-state index contributed by atoms with van der Waals surface area (Å²) < 4.78 is 27.4. The Labute approximate surface area is 133 Å². The van der Waals surface area contributed by atoms with Gasteiger partial charge < -0.3 is 10.0 Å². The number of hydrogen-bond acceptors (Lipinski definition) is 5. The molecule has 0 radical (unpaired) electrons. The van der Waals surface area contributed by atoms with Crippen LogP contribution in [0, 0.1) is 0 Å². The number of halogens is 1. The normalized spacial score (nSPS) is 12.6. The number of aliphatic hydroxyl groups is 1. The van der Waals surface area contributed by atoms with Crippen molar-refractivity contribution in [1.82, 2.24) is 9.21 Å². The largest absolute Gasteiger partial charge is 0.391 e. The fourth-order valence-electron chi connectivity index (χ4n) is 1.70. The Bertz CT molecular complexity index is 529. The first-order chi connectivity index (χ1) is 9.32. The zero-order chi connectivity index (χ0) is 15.3. The van der Waals surface area contributed by atoms with Crippen molar-refractivity contribution in [1.29, 1.82) is 0 Å². The molecule has 1 aromatic rings. The lowest BCUT2D eigenvalue weighted by Gasteiger charge is -2.23. The fraction of sp³-hybridized carbons (Fsp3) is 0.667. The van der Waals surface area contributed by atoms with Crippen LogP contribution in [0.1, 0.15) is 18.2 Å². The summed E-state index contributed by atoms with van der Waals surface area (Å²) in [7, 11) is 0.316. The van der Waals surface area contributed by atoms with Gasteiger partial charge in [-0.1, -0.05) is 6.92 Å². The number of rotatable bonds is 8. The summed E-state index contributed by atoms with van der Waals surface area (Å²) in [5.74, 6) is 0. The molecule has 0 amide bonds. The van der Waals surface area contributed by atoms with Crippen molar-refractivity contribution >= 4 is 37.3 Å². The molecule has 0 aromatic carbocycles. The smallest absolute Gasteiger partial charge is 0.245 e. The highest BCUT2D eigenvalue weighted by molar-refractivity contribution is 9.11. The van der Waals surface area contributed by atoms with Gasteiger partial charge in [-0.25, -0.2) is 8.42 Å². The van der Waals surface area contributed by atoms with Gasteiger partial charge in [0.1, 0.15) is 4.90 Å². The zero-order valence-corrected chi connectivity index (χ0v) is 15.2. The molecule has 0 spiro atoms. The first kappa shape index (κ1) is 18.1. The van der Waals surface area contributed by atoms with Crippen molar-refractivity contribution in [3.05, 3.63) is 14.7 Å². The molecule has 0 fully saturated rings. The van der Waals surface area contributed by atoms with Crippen molar-refractivity contribution < 1.29 is 13.5 Å². The molecule has 0 aliphatic heterocycles. The van der Waals surface area contributed by atoms with E-state index in [9.17, 15) is 8.42 Å². The predicted molar refractivity (Wildman–Crippen MR) is 85.5 cm³/mol. The van der Waals surface area contributed by atoms with Crippen LogP contribution in [0.15, 0.2) is 14.7 Å². The first-order valence-corrected chi connectivity index (χ1v) is 9.41. The number of aliphatic hydroxyl groups excluding tert-OH is 1. The monoisotopic (exact) mass is 384 g/mol. The topological polar surface area (TPSA) is 60.9 Å². The van der Waals surface area contributed by atoms with Gasteiger partial charge in [-0.2, -0.15) is 4.31 Å². The van der Waals surface area contributed by atoms with E-state index < -0.39 is 10.0 Å². The molecule has 8 heteroatoms. The Morgan fingerprint density at radius 3 is 2.40 bits per heavy atom. The van der Waals surface area contributed by atoms with Crippen LogP contribution in [-0.4, -0.2) is 56.5 Å². The van der Waals surface area contributed by atoms with Crippen LogP contribution in [0.5, 0.6) is 0 Å². The van der Waals surface area contributed by atoms with E-state index in [2.05, 4.69) is 15.9 Å². The SMILES string of the molecule is CCCN(CCN(C)C)S(=O)(=O)c1cc(CO)sc1Br. The molecule has 116 valence electrons. The minimum atomic E-state index is -3.52. The molecule has 1 N–H and O–H groups in total. The minimum Gasteiger partial charge on any atom is -0.391 e. The maximum absolute atomic E-state index is 12.7. The van der Waals surface area contributed by atoms with E-state index in [1.54, 1.807) is 6.07 Å². The molecule has 0 aliphatic rings. The molecule has 20 heavy (non-hydrogen) atoms. The van der Waals surface area contributed by atoms with Crippen molar-refractivity contribution in [2.45, 2.75) is 24.8 Å². The summed E-state index contributed by atoms with van der Waals surface area (Å²) in [6.45, 7) is 3.44. The quantitative estimate of drug-likeness (QED) is 0.743. The lowest BCUT2D eigenvalue weighted by molar-refractivity contribution is 0.285. The molecule has 0 unspecified atom stereocenters. The Kier molecular flexibility index (Phi) is 7.10. The third-order valence-corrected chi connectivity index (χ3v) is 6.89. The third-order valence-electron chi connectivity index (χ3n) is 2.75. The molecule has 0 atom stereocenters. The molecular formula is C12H21BrN2O3S2. The highest BCUT2D eigenvalue weighted by atomic mass is 79.9. The number of likely N-dealkylation sites (N-methyl/N-ethyl adjacent to an activating group) is 1. The van der Waals surface area contributed by atoms with E-state index in [0.717, 1.165) is 6.42 Å². The maximum Gasteiger partial charge on any atom is 0.245 e. The summed E-state index contributed by atoms with van der Waals surface area (Å²) >= 11 is 4.54. The molecule has 0 aliphatic carbocycles. The zero-order valence-electron chi connectivity index (χ0n) is 12.0. The maximum atomic E-state index is 12.7. The lowest BCUT2D eigenvalue weighted by atomic mass is 10.4. The van der Waals surface area contributed by atoms with Gasteiger partial charge in [0.05, 0.1) is 10.4 Å². The number of hydrogen-bond donors (Lipinski definition) is 1. The van der Waals surface area contributed by atoms with Gasteiger partial charge in [0, 0.05) is 24.5 Å². The fourth-order valence-corrected chi connectivity index (χ4v) is 5.72. The number of thiophene rings is 1. The summed E-state index contributed by atoms with van der Waals surface area (Å²) in [5.41, 5.74) is 0. The molecule has 1 heterocycles. The Hall–Kier alpha value is 0.01000. The second kappa shape index (κ2) is 7.86. The summed E-state index contributed by atoms with van der Waals surface area (Å²) in [6, 6.07) is 1.54. The number of nitrogens with zero attached hydrogens (tertiary/aromatic N) is 2. The highest BCUT2D eigenvalue weighted by Gasteiger charge is 2.27. The van der Waals surface area contributed by atoms with Gasteiger partial charge in [-0.15, -0.1) is 11.3 Å². The standard InChI is InChI=1S/C12H21BrN2O3S2/c1-4-5-15(7-6-14(2)3)20(17,18)11-8-10(9-16)19-12(11)13/h8,16H,4-7,9H2,1-3H3. The van der Waals surface area contributed by atoms with Crippen LogP contribution in [-0.2, 0) is 16.6 Å². The average Bonchev–Trinajstić information content (AvgIpc) is 2.76. The van der Waals surface area contributed by atoms with Crippen LogP contribution < -0.4 is 0 Å². The van der Waals surface area contributed by atoms with Crippen LogP contribution >= 0.6 is 27.3 Å². The Morgan fingerprint density at radius 2 is 1.95 bits per heavy atom. The minimum absolute atomic E-state index is 0.149. The first-order valence-electron chi connectivity index (χ1n) is 6.36. The van der Waals surface area contributed by atoms with Crippen LogP contribution in [0.4, 0.5) is 0 Å². The van der Waals surface area contributed by atoms with Crippen LogP contribution in [0.25, 0.3) is 0 Å². The van der Waals surface area contributed by atoms with Gasteiger partial charge in [-0.3, -0.25) is 0 Å². The lowest BCUT2D eigenvalue weighted by Crippen LogP contribution is -2.37. The molecule has 1 rings (SSSR count). The van der Waals surface area contributed by atoms with Crippen molar-refractivity contribution in [3.8, 4) is 0 Å². The van der Waals surface area contributed by atoms with Crippen molar-refractivity contribution in [2.75, 3.05) is 33.7 Å². The molecular weight excluding hydrogens is 364 g/mol. The van der Waals surface area contributed by atoms with Gasteiger partial charge >= 0.3 is 0 Å². The molecule has 1 aromatic heterocycles. The molecule has 0 saturated heterocycles. The van der Waals surface area contributed by atoms with E-state index in [4.69, 9.17) is 5.11 Å². The van der Waals surface area contributed by atoms with Gasteiger partial charge in [0.2, 0.25) is 10.0 Å². The van der Waals surface area contributed by atoms with Crippen LogP contribution in [0.2, 0.25) is 0 Å².